The Hall–Kier alpha value is -2.08. The summed E-state index contributed by atoms with van der Waals surface area (Å²) >= 11 is 0.452. The summed E-state index contributed by atoms with van der Waals surface area (Å²) < 4.78 is 77.4. The highest BCUT2D eigenvalue weighted by Crippen LogP contribution is 2.34. The zero-order valence-electron chi connectivity index (χ0n) is 12.0. The Balaban J connectivity index is 2.14. The van der Waals surface area contributed by atoms with E-state index < -0.39 is 30.0 Å². The summed E-state index contributed by atoms with van der Waals surface area (Å²) in [6.45, 7) is 0. The van der Waals surface area contributed by atoms with Crippen LogP contribution in [0.15, 0.2) is 29.3 Å². The number of hydrogen-bond donors (Lipinski definition) is 1. The summed E-state index contributed by atoms with van der Waals surface area (Å²) in [5.41, 5.74) is -0.134. The average Bonchev–Trinajstić information content (AvgIpc) is 2.97. The number of halogens is 6. The number of aliphatic hydroxyl groups is 1. The van der Waals surface area contributed by atoms with Crippen LogP contribution in [-0.2, 0) is 6.18 Å². The number of para-hydroxylation sites is 2. The number of hydrogen-bond acceptors (Lipinski definition) is 5. The van der Waals surface area contributed by atoms with Crippen molar-refractivity contribution in [2.24, 2.45) is 0 Å². The zero-order valence-corrected chi connectivity index (χ0v) is 12.8. The molecule has 2 aromatic heterocycles. The van der Waals surface area contributed by atoms with Crippen LogP contribution in [0.5, 0.6) is 0 Å². The second kappa shape index (κ2) is 6.02. The molecule has 25 heavy (non-hydrogen) atoms. The number of aliphatic hydroxyl groups excluding tert-OH is 1. The van der Waals surface area contributed by atoms with Crippen LogP contribution in [0.4, 0.5) is 26.3 Å². The summed E-state index contributed by atoms with van der Waals surface area (Å²) in [6, 6.07) is 5.80. The number of aromatic nitrogens is 4. The van der Waals surface area contributed by atoms with Gasteiger partial charge >= 0.3 is 12.4 Å². The molecule has 0 fully saturated rings. The standard InChI is InChI=1S/C13H8F6N4OS/c14-12(15,16)8(24)5-25-10-9-21-22-11(13(17,18)19)23(9)7-4-2-1-3-6(7)20-10/h1-4,8,24H,5H2. The Labute approximate surface area is 139 Å². The lowest BCUT2D eigenvalue weighted by Crippen LogP contribution is -2.30. The highest BCUT2D eigenvalue weighted by molar-refractivity contribution is 7.99. The molecule has 1 unspecified atom stereocenters. The smallest absolute Gasteiger partial charge is 0.383 e. The number of alkyl halides is 6. The SMILES string of the molecule is OC(CSc1nc2ccccc2n2c(C(F)(F)F)nnc12)C(F)(F)F. The van der Waals surface area contributed by atoms with Crippen molar-refractivity contribution in [3.05, 3.63) is 30.1 Å². The van der Waals surface area contributed by atoms with Crippen LogP contribution >= 0.6 is 11.8 Å². The Bertz CT molecular complexity index is 922. The molecule has 3 aromatic rings. The van der Waals surface area contributed by atoms with Gasteiger partial charge in [0.15, 0.2) is 11.8 Å². The maximum atomic E-state index is 13.1. The third kappa shape index (κ3) is 3.35. The molecule has 0 aliphatic heterocycles. The molecule has 2 heterocycles. The molecule has 0 amide bonds. The summed E-state index contributed by atoms with van der Waals surface area (Å²) in [4.78, 5) is 4.05. The number of benzene rings is 1. The van der Waals surface area contributed by atoms with E-state index in [9.17, 15) is 26.3 Å². The first-order valence-corrected chi connectivity index (χ1v) is 7.66. The Morgan fingerprint density at radius 2 is 1.76 bits per heavy atom. The van der Waals surface area contributed by atoms with Crippen molar-refractivity contribution in [1.82, 2.24) is 19.6 Å². The van der Waals surface area contributed by atoms with Crippen LogP contribution in [0.3, 0.4) is 0 Å². The highest BCUT2D eigenvalue weighted by atomic mass is 32.2. The Kier molecular flexibility index (Phi) is 4.27. The maximum absolute atomic E-state index is 13.1. The number of nitrogens with zero attached hydrogens (tertiary/aromatic N) is 4. The van der Waals surface area contributed by atoms with Crippen LogP contribution in [-0.4, -0.2) is 42.7 Å². The topological polar surface area (TPSA) is 63.3 Å². The van der Waals surface area contributed by atoms with E-state index in [2.05, 4.69) is 15.2 Å². The van der Waals surface area contributed by atoms with Crippen LogP contribution < -0.4 is 0 Å². The van der Waals surface area contributed by atoms with Gasteiger partial charge < -0.3 is 5.11 Å². The van der Waals surface area contributed by atoms with Gasteiger partial charge in [-0.25, -0.2) is 4.98 Å². The van der Waals surface area contributed by atoms with Gasteiger partial charge in [-0.1, -0.05) is 23.9 Å². The average molecular weight is 382 g/mol. The van der Waals surface area contributed by atoms with Crippen LogP contribution in [0.25, 0.3) is 16.7 Å². The molecular formula is C13H8F6N4OS. The zero-order chi connectivity index (χ0) is 18.4. The van der Waals surface area contributed by atoms with Crippen LogP contribution in [0.1, 0.15) is 5.82 Å². The van der Waals surface area contributed by atoms with Crippen molar-refractivity contribution in [1.29, 1.82) is 0 Å². The fourth-order valence-electron chi connectivity index (χ4n) is 2.09. The van der Waals surface area contributed by atoms with Gasteiger partial charge in [0.25, 0.3) is 0 Å². The van der Waals surface area contributed by atoms with Gasteiger partial charge in [-0.15, -0.1) is 10.2 Å². The molecule has 1 N–H and O–H groups in total. The lowest BCUT2D eigenvalue weighted by atomic mass is 10.3. The molecule has 134 valence electrons. The lowest BCUT2D eigenvalue weighted by Gasteiger charge is -2.14. The van der Waals surface area contributed by atoms with Gasteiger partial charge in [0.1, 0.15) is 5.03 Å². The number of fused-ring (bicyclic) bond motifs is 3. The molecule has 1 aromatic carbocycles. The first-order chi connectivity index (χ1) is 11.6. The molecule has 1 atom stereocenters. The van der Waals surface area contributed by atoms with E-state index >= 15 is 0 Å². The van der Waals surface area contributed by atoms with Gasteiger partial charge in [0.05, 0.1) is 11.0 Å². The van der Waals surface area contributed by atoms with E-state index in [1.165, 1.54) is 24.3 Å². The molecule has 0 aliphatic carbocycles. The minimum atomic E-state index is -4.84. The summed E-state index contributed by atoms with van der Waals surface area (Å²) in [5, 5.41) is 15.4. The van der Waals surface area contributed by atoms with Crippen LogP contribution in [0, 0.1) is 0 Å². The third-order valence-corrected chi connectivity index (χ3v) is 4.24. The number of thioether (sulfide) groups is 1. The molecule has 0 radical (unpaired) electrons. The minimum absolute atomic E-state index is 0.0653. The van der Waals surface area contributed by atoms with E-state index in [4.69, 9.17) is 5.11 Å². The highest BCUT2D eigenvalue weighted by Gasteiger charge is 2.40. The molecule has 5 nitrogen and oxygen atoms in total. The van der Waals surface area contributed by atoms with Gasteiger partial charge in [0, 0.05) is 5.75 Å². The van der Waals surface area contributed by atoms with Crippen molar-refractivity contribution >= 4 is 28.4 Å². The van der Waals surface area contributed by atoms with E-state index in [-0.39, 0.29) is 21.7 Å². The van der Waals surface area contributed by atoms with Gasteiger partial charge in [-0.2, -0.15) is 26.3 Å². The fourth-order valence-corrected chi connectivity index (χ4v) is 3.02. The first-order valence-electron chi connectivity index (χ1n) is 6.67. The molecule has 0 saturated heterocycles. The lowest BCUT2D eigenvalue weighted by molar-refractivity contribution is -0.195. The Morgan fingerprint density at radius 1 is 1.08 bits per heavy atom. The van der Waals surface area contributed by atoms with Crippen molar-refractivity contribution < 1.29 is 31.4 Å². The molecular weight excluding hydrogens is 374 g/mol. The van der Waals surface area contributed by atoms with Gasteiger partial charge in [0.2, 0.25) is 5.82 Å². The molecule has 3 rings (SSSR count). The quantitative estimate of drug-likeness (QED) is 0.556. The van der Waals surface area contributed by atoms with E-state index in [1.54, 1.807) is 0 Å². The van der Waals surface area contributed by atoms with Crippen molar-refractivity contribution in [3.63, 3.8) is 0 Å². The van der Waals surface area contributed by atoms with Crippen LogP contribution in [0.2, 0.25) is 0 Å². The van der Waals surface area contributed by atoms with E-state index in [0.29, 0.717) is 16.2 Å². The van der Waals surface area contributed by atoms with Crippen molar-refractivity contribution in [3.8, 4) is 0 Å². The number of rotatable bonds is 3. The normalized spacial score (nSPS) is 14.4. The summed E-state index contributed by atoms with van der Waals surface area (Å²) in [6.07, 6.45) is -12.3. The van der Waals surface area contributed by atoms with Gasteiger partial charge in [-0.05, 0) is 12.1 Å². The predicted molar refractivity (Wildman–Crippen MR) is 76.1 cm³/mol. The van der Waals surface area contributed by atoms with E-state index in [1.807, 2.05) is 0 Å². The van der Waals surface area contributed by atoms with Crippen molar-refractivity contribution in [2.75, 3.05) is 5.75 Å². The maximum Gasteiger partial charge on any atom is 0.452 e. The molecule has 0 bridgehead atoms. The van der Waals surface area contributed by atoms with Gasteiger partial charge in [-0.3, -0.25) is 4.40 Å². The predicted octanol–water partition coefficient (Wildman–Crippen LogP) is 3.31. The fraction of sp³-hybridized carbons (Fsp3) is 0.308. The minimum Gasteiger partial charge on any atom is -0.383 e. The second-order valence-electron chi connectivity index (χ2n) is 4.95. The summed E-state index contributed by atoms with van der Waals surface area (Å²) in [5.74, 6) is -2.14. The Morgan fingerprint density at radius 3 is 2.40 bits per heavy atom. The van der Waals surface area contributed by atoms with Crippen molar-refractivity contribution in [2.45, 2.75) is 23.5 Å². The first kappa shape index (κ1) is 17.7. The third-order valence-electron chi connectivity index (χ3n) is 3.21. The summed E-state index contributed by atoms with van der Waals surface area (Å²) in [7, 11) is 0. The monoisotopic (exact) mass is 382 g/mol. The largest absolute Gasteiger partial charge is 0.452 e. The molecule has 0 spiro atoms. The molecule has 0 saturated carbocycles. The molecule has 0 aliphatic rings. The molecule has 12 heteroatoms. The second-order valence-corrected chi connectivity index (χ2v) is 5.96. The van der Waals surface area contributed by atoms with E-state index in [0.717, 1.165) is 0 Å².